The number of epoxide rings is 1. The summed E-state index contributed by atoms with van der Waals surface area (Å²) in [7, 11) is 4.46. The van der Waals surface area contributed by atoms with Gasteiger partial charge in [-0.25, -0.2) is 9.59 Å². The molecule has 504 valence electrons. The minimum absolute atomic E-state index is 0.0102. The van der Waals surface area contributed by atoms with Crippen molar-refractivity contribution in [3.63, 3.8) is 0 Å². The topological polar surface area (TPSA) is 293 Å². The number of anilines is 1. The molecule has 92 heavy (non-hydrogen) atoms. The van der Waals surface area contributed by atoms with E-state index in [2.05, 4.69) is 47.5 Å². The summed E-state index contributed by atoms with van der Waals surface area (Å²) in [4.78, 5) is 131. The van der Waals surface area contributed by atoms with Crippen LogP contribution in [0.4, 0.5) is 10.5 Å². The lowest BCUT2D eigenvalue weighted by Crippen LogP contribution is -2.53. The number of aryl methyl sites for hydroxylation is 1. The standard InChI is InChI=1S/C68H91Br2ClN6O15/c1-38(2)49(32-46(78)19-13-14-25-66(7,8)92-64(85)45(36-69)37-70)61(82)75-50(21-17-27-74-65(72)86)52(79)31-44-23-24-48(59-47(44)20-16-26-73-59)62(83)76(10)42(6)63(84)90-55-33-56(80)77(11)51-30-43(29-40(4)58(51)71)28-39(3)18-15-22-54(88-12)68(87)34-53(89-57(81)35-68)41(5)60-67(55,9)91-60/h15-16,18,20,22-24,26,29-30,38,41-42,45,49-50,53-55,60,87H,13-14,17,19,21,25,27-28,31-37H2,1-12H3,(H,75,82)(H3,72,74,86)/b22-15+,39-18+/t41-,42+,49+,50+,53+,54-,55+,60+,67+,68-/m1/s1. The molecule has 1 aromatic heterocycles. The molecule has 3 aliphatic heterocycles. The number of methoxy groups -OCH3 is 1. The number of nitrogens with two attached hydrogens (primary N) is 1. The van der Waals surface area contributed by atoms with Gasteiger partial charge < -0.3 is 55.0 Å². The zero-order valence-electron chi connectivity index (χ0n) is 54.9. The van der Waals surface area contributed by atoms with Crippen LogP contribution in [-0.4, -0.2) is 160 Å². The number of primary amides is 1. The molecular weight excluding hydrogens is 1340 g/mol. The molecule has 5 amide bonds. The lowest BCUT2D eigenvalue weighted by molar-refractivity contribution is -0.187. The number of ketones is 2. The number of unbranched alkanes of at least 4 members (excludes halogenated alkanes) is 1. The smallest absolute Gasteiger partial charge is 0.328 e. The van der Waals surface area contributed by atoms with Gasteiger partial charge in [0.15, 0.2) is 5.78 Å². The quantitative estimate of drug-likeness (QED) is 0.0191. The number of carbonyl (C=O) groups is 9. The minimum atomic E-state index is -1.65. The van der Waals surface area contributed by atoms with Crippen molar-refractivity contribution in [1.29, 1.82) is 0 Å². The van der Waals surface area contributed by atoms with Crippen molar-refractivity contribution in [2.75, 3.05) is 43.3 Å². The van der Waals surface area contributed by atoms with Crippen LogP contribution in [0.25, 0.3) is 10.9 Å². The van der Waals surface area contributed by atoms with Crippen LogP contribution in [0.15, 0.2) is 66.4 Å². The molecule has 3 aromatic rings. The highest BCUT2D eigenvalue weighted by atomic mass is 79.9. The number of urea groups is 1. The van der Waals surface area contributed by atoms with Gasteiger partial charge in [-0.3, -0.25) is 38.5 Å². The van der Waals surface area contributed by atoms with Gasteiger partial charge in [0.25, 0.3) is 5.91 Å². The SMILES string of the molecule is CO[C@@H]1/C=C/C=C(\C)Cc2cc(C)c(Cl)c(c2)N(C)C(=O)C[C@H](OC(=O)[C@H](C)N(C)C(=O)c2ccc(CC(=O)[C@H](CCCNC(N)=O)NC(=O)[C@@H](CC(=O)CCCCC(C)(C)OC(=O)C(CBr)CBr)C(C)C)c3cccnc23)[C@]2(C)O[C@H]2[C@H](C)[C@@H]2C[C@@]1(O)CC(=O)O2. The lowest BCUT2D eigenvalue weighted by Gasteiger charge is -2.41. The molecular formula is C68H91Br2ClN6O15. The second-order valence-corrected chi connectivity index (χ2v) is 27.7. The third kappa shape index (κ3) is 19.3. The van der Waals surface area contributed by atoms with Crippen LogP contribution >= 0.6 is 43.5 Å². The second-order valence-electron chi connectivity index (χ2n) is 26.0. The zero-order valence-corrected chi connectivity index (χ0v) is 58.8. The van der Waals surface area contributed by atoms with Crippen LogP contribution in [-0.2, 0) is 70.1 Å². The maximum absolute atomic E-state index is 14.7. The van der Waals surface area contributed by atoms with E-state index in [1.54, 1.807) is 51.2 Å². The first-order valence-electron chi connectivity index (χ1n) is 31.4. The number of nitrogens with zero attached hydrogens (tertiary/aromatic N) is 3. The van der Waals surface area contributed by atoms with Crippen LogP contribution in [0.2, 0.25) is 5.02 Å². The van der Waals surface area contributed by atoms with Crippen molar-refractivity contribution < 1.29 is 71.9 Å². The van der Waals surface area contributed by atoms with Gasteiger partial charge in [-0.2, -0.15) is 0 Å². The van der Waals surface area contributed by atoms with Crippen molar-refractivity contribution in [2.24, 2.45) is 29.4 Å². The van der Waals surface area contributed by atoms with E-state index in [4.69, 9.17) is 41.0 Å². The number of amides is 5. The summed E-state index contributed by atoms with van der Waals surface area (Å²) in [6, 6.07) is 7.16. The maximum atomic E-state index is 14.7. The van der Waals surface area contributed by atoms with Crippen LogP contribution in [0.3, 0.4) is 0 Å². The van der Waals surface area contributed by atoms with Gasteiger partial charge in [-0.1, -0.05) is 106 Å². The number of ether oxygens (including phenoxy) is 5. The van der Waals surface area contributed by atoms with Crippen LogP contribution < -0.4 is 21.3 Å². The van der Waals surface area contributed by atoms with E-state index in [1.165, 1.54) is 43.1 Å². The van der Waals surface area contributed by atoms with E-state index in [-0.39, 0.29) is 91.9 Å². The second kappa shape index (κ2) is 32.8. The number of aromatic nitrogens is 1. The summed E-state index contributed by atoms with van der Waals surface area (Å²) in [5.41, 5.74) is 5.36. The minimum Gasteiger partial charge on any atom is -0.462 e. The monoisotopic (exact) mass is 1420 g/mol. The number of fused-ring (bicyclic) bond motifs is 6. The van der Waals surface area contributed by atoms with E-state index in [0.717, 1.165) is 16.7 Å². The summed E-state index contributed by atoms with van der Waals surface area (Å²) < 4.78 is 30.1. The number of alkyl halides is 2. The Hall–Kier alpha value is -6.11. The van der Waals surface area contributed by atoms with Crippen molar-refractivity contribution in [1.82, 2.24) is 20.5 Å². The molecule has 4 bridgehead atoms. The van der Waals surface area contributed by atoms with Gasteiger partial charge in [0, 0.05) is 87.5 Å². The third-order valence-corrected chi connectivity index (χ3v) is 20.0. The number of Topliss-reactive ketones (excluding diaryl/α,β-unsaturated/α-hetero) is 2. The number of nitrogens with one attached hydrogen (secondary N) is 2. The highest BCUT2D eigenvalue weighted by Crippen LogP contribution is 2.50. The van der Waals surface area contributed by atoms with Crippen LogP contribution in [0.1, 0.15) is 147 Å². The largest absolute Gasteiger partial charge is 0.462 e. The molecule has 2 aromatic carbocycles. The first kappa shape index (κ1) is 74.9. The molecule has 3 aliphatic rings. The highest BCUT2D eigenvalue weighted by molar-refractivity contribution is 9.09. The number of likely N-dealkylation sites (N-methyl/N-ethyl adjacent to an activating group) is 1. The summed E-state index contributed by atoms with van der Waals surface area (Å²) in [5.74, 6) is -5.88. The fourth-order valence-corrected chi connectivity index (χ4v) is 13.9. The number of halogens is 3. The number of rotatable bonds is 26. The van der Waals surface area contributed by atoms with Gasteiger partial charge in [0.1, 0.15) is 46.9 Å². The molecule has 24 heteroatoms. The Morgan fingerprint density at radius 3 is 2.39 bits per heavy atom. The molecule has 0 spiro atoms. The van der Waals surface area contributed by atoms with E-state index in [0.29, 0.717) is 58.0 Å². The Kier molecular flexibility index (Phi) is 26.7. The fraction of sp³-hybridized carbons (Fsp3) is 0.588. The third-order valence-electron chi connectivity index (χ3n) is 18.0. The predicted molar refractivity (Wildman–Crippen MR) is 356 cm³/mol. The Morgan fingerprint density at radius 2 is 1.73 bits per heavy atom. The fourth-order valence-electron chi connectivity index (χ4n) is 12.1. The summed E-state index contributed by atoms with van der Waals surface area (Å²) >= 11 is 13.6. The summed E-state index contributed by atoms with van der Waals surface area (Å²) in [6.45, 7) is 16.2. The molecule has 2 fully saturated rings. The molecule has 21 nitrogen and oxygen atoms in total. The highest BCUT2D eigenvalue weighted by Gasteiger charge is 2.64. The van der Waals surface area contributed by atoms with E-state index < -0.39 is 107 Å². The lowest BCUT2D eigenvalue weighted by atomic mass is 9.78. The molecule has 0 aliphatic carbocycles. The van der Waals surface area contributed by atoms with Crippen molar-refractivity contribution in [3.05, 3.63) is 93.7 Å². The van der Waals surface area contributed by atoms with E-state index in [9.17, 15) is 48.3 Å². The Morgan fingerprint density at radius 1 is 1.02 bits per heavy atom. The van der Waals surface area contributed by atoms with Crippen molar-refractivity contribution >= 4 is 113 Å². The molecule has 0 saturated carbocycles. The molecule has 4 heterocycles. The summed E-state index contributed by atoms with van der Waals surface area (Å²) in [6.07, 6.45) is 4.80. The normalized spacial score (nSPS) is 23.9. The van der Waals surface area contributed by atoms with Crippen LogP contribution in [0, 0.1) is 30.6 Å². The number of hydrogen-bond donors (Lipinski definition) is 4. The van der Waals surface area contributed by atoms with Gasteiger partial charge in [0.05, 0.1) is 52.7 Å². The molecule has 0 unspecified atom stereocenters. The molecule has 5 N–H and O–H groups in total. The first-order valence-corrected chi connectivity index (χ1v) is 34.0. The average molecular weight is 1430 g/mol. The van der Waals surface area contributed by atoms with Crippen molar-refractivity contribution in [2.45, 2.75) is 193 Å². The number of benzene rings is 2. The van der Waals surface area contributed by atoms with E-state index in [1.807, 2.05) is 59.8 Å². The maximum Gasteiger partial charge on any atom is 0.328 e. The van der Waals surface area contributed by atoms with Gasteiger partial charge in [-0.15, -0.1) is 0 Å². The molecule has 10 atom stereocenters. The number of carbonyl (C=O) groups excluding carboxylic acids is 9. The number of esters is 3. The Bertz CT molecular complexity index is 3280. The number of aliphatic hydroxyl groups is 1. The predicted octanol–water partition coefficient (Wildman–Crippen LogP) is 9.49. The molecule has 6 rings (SSSR count). The Labute approximate surface area is 561 Å². The van der Waals surface area contributed by atoms with E-state index >= 15 is 0 Å². The average Bonchev–Trinajstić information content (AvgIpc) is 1.56. The number of hydrogen-bond acceptors (Lipinski definition) is 16. The van der Waals surface area contributed by atoms with Crippen molar-refractivity contribution in [3.8, 4) is 0 Å². The first-order chi connectivity index (χ1) is 43.3. The van der Waals surface area contributed by atoms with Crippen LogP contribution in [0.5, 0.6) is 0 Å². The number of pyridine rings is 1. The molecule has 2 saturated heterocycles. The van der Waals surface area contributed by atoms with Gasteiger partial charge >= 0.3 is 23.9 Å². The number of allylic oxidation sites excluding steroid dienone is 3. The van der Waals surface area contributed by atoms with Gasteiger partial charge in [0.2, 0.25) is 11.8 Å². The molecule has 0 radical (unpaired) electrons. The zero-order chi connectivity index (χ0) is 68.2. The van der Waals surface area contributed by atoms with Gasteiger partial charge in [-0.05, 0) is 121 Å². The Balaban J connectivity index is 1.20. The summed E-state index contributed by atoms with van der Waals surface area (Å²) in [5, 5.41) is 19.2.